The number of hydrogen-bond acceptors (Lipinski definition) is 7. The summed E-state index contributed by atoms with van der Waals surface area (Å²) in [5.74, 6) is -4.09. The van der Waals surface area contributed by atoms with Crippen LogP contribution in [-0.4, -0.2) is 82.0 Å². The lowest BCUT2D eigenvalue weighted by molar-refractivity contribution is -0.150. The molecule has 1 rings (SSSR count). The van der Waals surface area contributed by atoms with Gasteiger partial charge >= 0.3 is 5.97 Å². The number of carboxylic acids is 1. The number of aliphatic hydroxyl groups excluding tert-OH is 1. The Bertz CT molecular complexity index is 625. The molecule has 0 aliphatic carbocycles. The summed E-state index contributed by atoms with van der Waals surface area (Å²) in [6.07, 6.45) is -0.904. The third-order valence-electron chi connectivity index (χ3n) is 4.38. The van der Waals surface area contributed by atoms with Crippen LogP contribution in [0.15, 0.2) is 0 Å². The molecule has 1 fully saturated rings. The van der Waals surface area contributed by atoms with Crippen molar-refractivity contribution >= 4 is 29.6 Å². The Kier molecular flexibility index (Phi) is 8.79. The molecule has 1 saturated heterocycles. The van der Waals surface area contributed by atoms with Crippen molar-refractivity contribution in [1.82, 2.24) is 15.5 Å². The molecular formula is C16H27N5O7. The van der Waals surface area contributed by atoms with E-state index in [-0.39, 0.29) is 25.8 Å². The molecule has 158 valence electrons. The first-order valence-electron chi connectivity index (χ1n) is 8.88. The maximum absolute atomic E-state index is 12.7. The van der Waals surface area contributed by atoms with Crippen molar-refractivity contribution in [2.75, 3.05) is 13.1 Å². The molecule has 4 unspecified atom stereocenters. The fourth-order valence-corrected chi connectivity index (χ4v) is 2.92. The third kappa shape index (κ3) is 6.46. The van der Waals surface area contributed by atoms with Crippen LogP contribution < -0.4 is 22.1 Å². The van der Waals surface area contributed by atoms with Crippen molar-refractivity contribution in [3.05, 3.63) is 0 Å². The van der Waals surface area contributed by atoms with E-state index in [9.17, 15) is 34.2 Å². The van der Waals surface area contributed by atoms with Crippen molar-refractivity contribution in [2.24, 2.45) is 11.5 Å². The van der Waals surface area contributed by atoms with E-state index in [2.05, 4.69) is 10.6 Å². The van der Waals surface area contributed by atoms with Gasteiger partial charge in [0.15, 0.2) is 0 Å². The maximum atomic E-state index is 12.7. The van der Waals surface area contributed by atoms with Gasteiger partial charge in [-0.1, -0.05) is 0 Å². The van der Waals surface area contributed by atoms with E-state index in [1.54, 1.807) is 0 Å². The van der Waals surface area contributed by atoms with Crippen LogP contribution in [0.4, 0.5) is 0 Å². The Morgan fingerprint density at radius 3 is 2.36 bits per heavy atom. The second-order valence-corrected chi connectivity index (χ2v) is 6.58. The van der Waals surface area contributed by atoms with Gasteiger partial charge in [0.2, 0.25) is 23.6 Å². The lowest BCUT2D eigenvalue weighted by atomic mass is 10.1. The van der Waals surface area contributed by atoms with Crippen LogP contribution in [0.5, 0.6) is 0 Å². The number of carbonyl (C=O) groups is 5. The van der Waals surface area contributed by atoms with Gasteiger partial charge in [-0.2, -0.15) is 0 Å². The van der Waals surface area contributed by atoms with Crippen LogP contribution in [-0.2, 0) is 24.0 Å². The minimum absolute atomic E-state index is 0.130. The minimum Gasteiger partial charge on any atom is -0.480 e. The van der Waals surface area contributed by atoms with Gasteiger partial charge in [0.1, 0.15) is 18.1 Å². The molecule has 0 saturated carbocycles. The van der Waals surface area contributed by atoms with Gasteiger partial charge in [0.25, 0.3) is 0 Å². The molecule has 0 bridgehead atoms. The largest absolute Gasteiger partial charge is 0.480 e. The van der Waals surface area contributed by atoms with E-state index >= 15 is 0 Å². The Hall–Kier alpha value is -2.73. The zero-order valence-corrected chi connectivity index (χ0v) is 15.6. The monoisotopic (exact) mass is 401 g/mol. The van der Waals surface area contributed by atoms with Crippen LogP contribution in [0.2, 0.25) is 0 Å². The molecule has 8 N–H and O–H groups in total. The summed E-state index contributed by atoms with van der Waals surface area (Å²) in [6, 6.07) is -3.65. The summed E-state index contributed by atoms with van der Waals surface area (Å²) in [5.41, 5.74) is 10.3. The van der Waals surface area contributed by atoms with Crippen LogP contribution in [0.3, 0.4) is 0 Å². The summed E-state index contributed by atoms with van der Waals surface area (Å²) in [6.45, 7) is 1.06. The lowest BCUT2D eigenvalue weighted by Gasteiger charge is -2.30. The molecular weight excluding hydrogens is 374 g/mol. The van der Waals surface area contributed by atoms with E-state index in [4.69, 9.17) is 11.5 Å². The number of nitrogens with one attached hydrogen (secondary N) is 2. The molecule has 1 aliphatic heterocycles. The van der Waals surface area contributed by atoms with Crippen molar-refractivity contribution in [1.29, 1.82) is 0 Å². The topological polar surface area (TPSA) is 205 Å². The molecule has 28 heavy (non-hydrogen) atoms. The smallest absolute Gasteiger partial charge is 0.326 e. The first-order valence-corrected chi connectivity index (χ1v) is 8.88. The zero-order valence-electron chi connectivity index (χ0n) is 15.6. The highest BCUT2D eigenvalue weighted by Crippen LogP contribution is 2.19. The minimum atomic E-state index is -1.42. The SMILES string of the molecule is CC(O)C(NC(=O)C(CCC(N)=O)NC(=O)CN)C(=O)N1CCCC1C(=O)O. The molecule has 4 atom stereocenters. The van der Waals surface area contributed by atoms with E-state index in [0.717, 1.165) is 4.90 Å². The quantitative estimate of drug-likeness (QED) is 0.217. The van der Waals surface area contributed by atoms with Gasteiger partial charge < -0.3 is 37.2 Å². The van der Waals surface area contributed by atoms with Gasteiger partial charge in [-0.3, -0.25) is 19.2 Å². The highest BCUT2D eigenvalue weighted by molar-refractivity contribution is 5.94. The second kappa shape index (κ2) is 10.6. The lowest BCUT2D eigenvalue weighted by Crippen LogP contribution is -2.59. The van der Waals surface area contributed by atoms with Crippen LogP contribution in [0.25, 0.3) is 0 Å². The highest BCUT2D eigenvalue weighted by Gasteiger charge is 2.39. The summed E-state index contributed by atoms with van der Waals surface area (Å²) >= 11 is 0. The number of amides is 4. The van der Waals surface area contributed by atoms with Crippen molar-refractivity contribution < 1.29 is 34.2 Å². The van der Waals surface area contributed by atoms with E-state index in [1.807, 2.05) is 0 Å². The Labute approximate surface area is 161 Å². The third-order valence-corrected chi connectivity index (χ3v) is 4.38. The maximum Gasteiger partial charge on any atom is 0.326 e. The van der Waals surface area contributed by atoms with Gasteiger partial charge in [0, 0.05) is 13.0 Å². The Morgan fingerprint density at radius 2 is 1.86 bits per heavy atom. The molecule has 0 radical (unpaired) electrons. The number of carboxylic acid groups (broad SMARTS) is 1. The molecule has 0 aromatic rings. The predicted molar refractivity (Wildman–Crippen MR) is 95.4 cm³/mol. The molecule has 0 aromatic heterocycles. The van der Waals surface area contributed by atoms with Gasteiger partial charge in [-0.25, -0.2) is 4.79 Å². The highest BCUT2D eigenvalue weighted by atomic mass is 16.4. The van der Waals surface area contributed by atoms with Crippen LogP contribution >= 0.6 is 0 Å². The van der Waals surface area contributed by atoms with Gasteiger partial charge in [-0.05, 0) is 26.2 Å². The fourth-order valence-electron chi connectivity index (χ4n) is 2.92. The first-order chi connectivity index (χ1) is 13.1. The van der Waals surface area contributed by atoms with Crippen LogP contribution in [0.1, 0.15) is 32.6 Å². The van der Waals surface area contributed by atoms with Crippen molar-refractivity contribution in [2.45, 2.75) is 56.8 Å². The summed E-state index contributed by atoms with van der Waals surface area (Å²) < 4.78 is 0. The van der Waals surface area contributed by atoms with E-state index in [0.29, 0.717) is 6.42 Å². The fraction of sp³-hybridized carbons (Fsp3) is 0.688. The standard InChI is InChI=1S/C16H27N5O7/c1-8(22)13(15(26)21-6-2-3-10(21)16(27)28)20-14(25)9(4-5-11(18)23)19-12(24)7-17/h8-10,13,22H,2-7,17H2,1H3,(H2,18,23)(H,19,24)(H,20,25)(H,27,28). The number of aliphatic carboxylic acids is 1. The Morgan fingerprint density at radius 1 is 1.21 bits per heavy atom. The average molecular weight is 401 g/mol. The number of nitrogens with two attached hydrogens (primary N) is 2. The van der Waals surface area contributed by atoms with E-state index in [1.165, 1.54) is 6.92 Å². The van der Waals surface area contributed by atoms with Gasteiger partial charge in [0.05, 0.1) is 12.6 Å². The summed E-state index contributed by atoms with van der Waals surface area (Å²) in [4.78, 5) is 60.2. The first kappa shape index (κ1) is 23.3. The van der Waals surface area contributed by atoms with Crippen LogP contribution in [0, 0.1) is 0 Å². The zero-order chi connectivity index (χ0) is 21.4. The summed E-state index contributed by atoms with van der Waals surface area (Å²) in [5, 5.41) is 23.8. The normalized spacial score (nSPS) is 19.4. The molecule has 1 aliphatic rings. The number of carbonyl (C=O) groups excluding carboxylic acids is 4. The predicted octanol–water partition coefficient (Wildman–Crippen LogP) is -3.36. The molecule has 12 nitrogen and oxygen atoms in total. The van der Waals surface area contributed by atoms with E-state index < -0.39 is 60.4 Å². The number of hydrogen-bond donors (Lipinski definition) is 6. The number of rotatable bonds is 10. The van der Waals surface area contributed by atoms with Crippen molar-refractivity contribution in [3.8, 4) is 0 Å². The number of nitrogens with zero attached hydrogens (tertiary/aromatic N) is 1. The second-order valence-electron chi connectivity index (χ2n) is 6.58. The Balaban J connectivity index is 2.92. The number of aliphatic hydroxyl groups is 1. The summed E-state index contributed by atoms with van der Waals surface area (Å²) in [7, 11) is 0. The average Bonchev–Trinajstić information content (AvgIpc) is 3.11. The van der Waals surface area contributed by atoms with Gasteiger partial charge in [-0.15, -0.1) is 0 Å². The number of likely N-dealkylation sites (tertiary alicyclic amines) is 1. The molecule has 1 heterocycles. The number of primary amides is 1. The molecule has 4 amide bonds. The molecule has 0 spiro atoms. The van der Waals surface area contributed by atoms with Crippen molar-refractivity contribution in [3.63, 3.8) is 0 Å². The molecule has 0 aromatic carbocycles. The molecule has 12 heteroatoms.